The number of aliphatic imine (C=N–C) groups is 1. The Labute approximate surface area is 198 Å². The Bertz CT molecular complexity index is 500. The highest BCUT2D eigenvalue weighted by atomic mass is 127. The SMILES string of the molecule is CCNC(=NCC(C)(O)CN1CCOCC1)NCC(CC(C)C)NC(=O)OCC.I. The minimum absolute atomic E-state index is 0. The van der Waals surface area contributed by atoms with Crippen molar-refractivity contribution < 1.29 is 19.4 Å². The Hall–Kier alpha value is -0.850. The van der Waals surface area contributed by atoms with Gasteiger partial charge in [-0.05, 0) is 33.1 Å². The Morgan fingerprint density at radius 2 is 1.93 bits per heavy atom. The average Bonchev–Trinajstić information content (AvgIpc) is 2.64. The van der Waals surface area contributed by atoms with Crippen molar-refractivity contribution in [2.75, 3.05) is 59.1 Å². The van der Waals surface area contributed by atoms with E-state index in [9.17, 15) is 9.90 Å². The van der Waals surface area contributed by atoms with E-state index in [1.807, 2.05) is 6.92 Å². The first-order valence-electron chi connectivity index (χ1n) is 10.7. The van der Waals surface area contributed by atoms with Crippen LogP contribution in [0.15, 0.2) is 4.99 Å². The van der Waals surface area contributed by atoms with E-state index in [0.717, 1.165) is 19.5 Å². The lowest BCUT2D eigenvalue weighted by atomic mass is 10.0. The monoisotopic (exact) mass is 543 g/mol. The Kier molecular flexibility index (Phi) is 15.4. The summed E-state index contributed by atoms with van der Waals surface area (Å²) < 4.78 is 10.4. The van der Waals surface area contributed by atoms with E-state index in [2.05, 4.69) is 39.7 Å². The molecule has 1 rings (SSSR count). The van der Waals surface area contributed by atoms with Crippen molar-refractivity contribution in [3.63, 3.8) is 0 Å². The van der Waals surface area contributed by atoms with Crippen LogP contribution in [0.4, 0.5) is 4.79 Å². The van der Waals surface area contributed by atoms with Crippen molar-refractivity contribution in [3.8, 4) is 0 Å². The third-order valence-electron chi connectivity index (χ3n) is 4.46. The van der Waals surface area contributed by atoms with Crippen molar-refractivity contribution >= 4 is 36.0 Å². The molecule has 0 aromatic heterocycles. The van der Waals surface area contributed by atoms with Gasteiger partial charge in [-0.2, -0.15) is 0 Å². The molecule has 2 atom stereocenters. The number of rotatable bonds is 11. The number of alkyl carbamates (subject to hydrolysis) is 1. The highest BCUT2D eigenvalue weighted by molar-refractivity contribution is 14.0. The largest absolute Gasteiger partial charge is 0.450 e. The Morgan fingerprint density at radius 1 is 1.27 bits per heavy atom. The van der Waals surface area contributed by atoms with Crippen LogP contribution in [0.2, 0.25) is 0 Å². The molecule has 2 unspecified atom stereocenters. The zero-order valence-corrected chi connectivity index (χ0v) is 21.5. The molecule has 0 spiro atoms. The van der Waals surface area contributed by atoms with E-state index in [-0.39, 0.29) is 36.6 Å². The predicted octanol–water partition coefficient (Wildman–Crippen LogP) is 1.40. The molecule has 1 saturated heterocycles. The Morgan fingerprint density at radius 3 is 2.50 bits per heavy atom. The van der Waals surface area contributed by atoms with E-state index in [4.69, 9.17) is 9.47 Å². The fourth-order valence-corrected chi connectivity index (χ4v) is 3.20. The first-order valence-corrected chi connectivity index (χ1v) is 10.7. The van der Waals surface area contributed by atoms with Crippen LogP contribution >= 0.6 is 24.0 Å². The number of ether oxygens (including phenoxy) is 2. The minimum Gasteiger partial charge on any atom is -0.450 e. The van der Waals surface area contributed by atoms with Gasteiger partial charge in [-0.15, -0.1) is 24.0 Å². The van der Waals surface area contributed by atoms with E-state index in [1.165, 1.54) is 0 Å². The second-order valence-electron chi connectivity index (χ2n) is 8.15. The zero-order chi connectivity index (χ0) is 21.7. The molecule has 1 aliphatic heterocycles. The fourth-order valence-electron chi connectivity index (χ4n) is 3.20. The normalized spacial score (nSPS) is 18.2. The van der Waals surface area contributed by atoms with Gasteiger partial charge in [-0.25, -0.2) is 4.79 Å². The average molecular weight is 543 g/mol. The summed E-state index contributed by atoms with van der Waals surface area (Å²) in [4.78, 5) is 18.6. The molecule has 30 heavy (non-hydrogen) atoms. The number of halogens is 1. The molecule has 1 amide bonds. The third kappa shape index (κ3) is 13.5. The second kappa shape index (κ2) is 15.9. The van der Waals surface area contributed by atoms with Gasteiger partial charge in [0, 0.05) is 38.8 Å². The maximum absolute atomic E-state index is 11.8. The fraction of sp³-hybridized carbons (Fsp3) is 0.900. The molecule has 178 valence electrons. The van der Waals surface area contributed by atoms with E-state index in [0.29, 0.717) is 51.3 Å². The molecular formula is C20H42IN5O4. The molecule has 4 N–H and O–H groups in total. The number of hydrogen-bond acceptors (Lipinski definition) is 6. The second-order valence-corrected chi connectivity index (χ2v) is 8.15. The maximum atomic E-state index is 11.8. The first-order chi connectivity index (χ1) is 13.8. The number of amides is 1. The lowest BCUT2D eigenvalue weighted by Crippen LogP contribution is -2.49. The van der Waals surface area contributed by atoms with Gasteiger partial charge in [-0.1, -0.05) is 13.8 Å². The van der Waals surface area contributed by atoms with Crippen LogP contribution < -0.4 is 16.0 Å². The van der Waals surface area contributed by atoms with Crippen LogP contribution in [0.1, 0.15) is 41.0 Å². The highest BCUT2D eigenvalue weighted by Gasteiger charge is 2.25. The van der Waals surface area contributed by atoms with Gasteiger partial charge in [0.15, 0.2) is 5.96 Å². The van der Waals surface area contributed by atoms with Crippen LogP contribution in [0.25, 0.3) is 0 Å². The quantitative estimate of drug-likeness (QED) is 0.177. The molecule has 0 saturated carbocycles. The summed E-state index contributed by atoms with van der Waals surface area (Å²) in [6, 6.07) is -0.0771. The number of hydrogen-bond donors (Lipinski definition) is 4. The van der Waals surface area contributed by atoms with Crippen LogP contribution in [0, 0.1) is 5.92 Å². The van der Waals surface area contributed by atoms with Gasteiger partial charge in [0.05, 0.1) is 32.0 Å². The van der Waals surface area contributed by atoms with Gasteiger partial charge < -0.3 is 30.5 Å². The maximum Gasteiger partial charge on any atom is 0.407 e. The molecule has 0 aliphatic carbocycles. The molecule has 1 heterocycles. The molecule has 9 nitrogen and oxygen atoms in total. The van der Waals surface area contributed by atoms with Crippen molar-refractivity contribution in [1.82, 2.24) is 20.9 Å². The van der Waals surface area contributed by atoms with E-state index < -0.39 is 11.7 Å². The summed E-state index contributed by atoms with van der Waals surface area (Å²) in [6.07, 6.45) is 0.412. The number of β-amino-alcohol motifs (C(OH)–C–C–N with tert-alkyl or cyclic N) is 1. The standard InChI is InChI=1S/C20H41N5O4.HI/c1-6-21-18(22-13-17(12-16(3)4)24-19(26)29-7-2)23-14-20(5,27)15-25-8-10-28-11-9-25;/h16-17,27H,6-15H2,1-5H3,(H,24,26)(H2,21,22,23);1H. The summed E-state index contributed by atoms with van der Waals surface area (Å²) in [7, 11) is 0. The molecule has 0 bridgehead atoms. The van der Waals surface area contributed by atoms with Crippen molar-refractivity contribution in [2.45, 2.75) is 52.7 Å². The molecule has 0 aromatic carbocycles. The number of aliphatic hydroxyl groups is 1. The summed E-state index contributed by atoms with van der Waals surface area (Å²) in [5.74, 6) is 1.05. The predicted molar refractivity (Wildman–Crippen MR) is 131 cm³/mol. The molecule has 10 heteroatoms. The molecule has 1 aliphatic rings. The van der Waals surface area contributed by atoms with Gasteiger partial charge in [0.25, 0.3) is 0 Å². The summed E-state index contributed by atoms with van der Waals surface area (Å²) in [5.41, 5.74) is -0.930. The number of carbonyl (C=O) groups excluding carboxylic acids is 1. The van der Waals surface area contributed by atoms with Crippen LogP contribution in [0.3, 0.4) is 0 Å². The number of guanidine groups is 1. The topological polar surface area (TPSA) is 107 Å². The van der Waals surface area contributed by atoms with Crippen molar-refractivity contribution in [2.24, 2.45) is 10.9 Å². The van der Waals surface area contributed by atoms with E-state index >= 15 is 0 Å². The number of nitrogens with zero attached hydrogens (tertiary/aromatic N) is 2. The first kappa shape index (κ1) is 29.1. The summed E-state index contributed by atoms with van der Waals surface area (Å²) in [5, 5.41) is 20.1. The molecule has 0 radical (unpaired) electrons. The van der Waals surface area contributed by atoms with Crippen molar-refractivity contribution in [3.05, 3.63) is 0 Å². The highest BCUT2D eigenvalue weighted by Crippen LogP contribution is 2.09. The minimum atomic E-state index is -0.930. The number of carbonyl (C=O) groups is 1. The van der Waals surface area contributed by atoms with Crippen LogP contribution in [-0.4, -0.2) is 92.8 Å². The smallest absolute Gasteiger partial charge is 0.407 e. The number of nitrogens with one attached hydrogen (secondary N) is 3. The van der Waals surface area contributed by atoms with Gasteiger partial charge >= 0.3 is 6.09 Å². The van der Waals surface area contributed by atoms with E-state index in [1.54, 1.807) is 13.8 Å². The zero-order valence-electron chi connectivity index (χ0n) is 19.2. The van der Waals surface area contributed by atoms with Gasteiger partial charge in [-0.3, -0.25) is 9.89 Å². The summed E-state index contributed by atoms with van der Waals surface area (Å²) >= 11 is 0. The van der Waals surface area contributed by atoms with Crippen LogP contribution in [-0.2, 0) is 9.47 Å². The van der Waals surface area contributed by atoms with Gasteiger partial charge in [0.2, 0.25) is 0 Å². The summed E-state index contributed by atoms with van der Waals surface area (Å²) in [6.45, 7) is 15.3. The van der Waals surface area contributed by atoms with Gasteiger partial charge in [0.1, 0.15) is 0 Å². The third-order valence-corrected chi connectivity index (χ3v) is 4.46. The molecule has 1 fully saturated rings. The lowest BCUT2D eigenvalue weighted by Gasteiger charge is -2.33. The molecule has 0 aromatic rings. The lowest BCUT2D eigenvalue weighted by molar-refractivity contribution is -0.0180. The Balaban J connectivity index is 0.00000841. The van der Waals surface area contributed by atoms with Crippen LogP contribution in [0.5, 0.6) is 0 Å². The molecular weight excluding hydrogens is 501 g/mol. The van der Waals surface area contributed by atoms with Crippen molar-refractivity contribution in [1.29, 1.82) is 0 Å². The number of morpholine rings is 1.